The van der Waals surface area contributed by atoms with Gasteiger partial charge in [-0.15, -0.1) is 0 Å². The van der Waals surface area contributed by atoms with Crippen molar-refractivity contribution in [1.29, 1.82) is 0 Å². The van der Waals surface area contributed by atoms with Crippen molar-refractivity contribution >= 4 is 21.7 Å². The minimum absolute atomic E-state index is 0.0390. The molecule has 0 radical (unpaired) electrons. The first-order valence-electron chi connectivity index (χ1n) is 5.35. The summed E-state index contributed by atoms with van der Waals surface area (Å²) in [5, 5.41) is 0. The third kappa shape index (κ3) is 2.71. The summed E-state index contributed by atoms with van der Waals surface area (Å²) in [5.41, 5.74) is -0.344. The van der Waals surface area contributed by atoms with Crippen LogP contribution in [-0.4, -0.2) is 5.78 Å². The molecule has 0 amide bonds. The minimum Gasteiger partial charge on any atom is -0.288 e. The van der Waals surface area contributed by atoms with E-state index in [1.54, 1.807) is 0 Å². The molecule has 0 heterocycles. The summed E-state index contributed by atoms with van der Waals surface area (Å²) in [6, 6.07) is 5.42. The maximum Gasteiger partial charge on any atom is 0.196 e. The van der Waals surface area contributed by atoms with Crippen LogP contribution in [0.25, 0.3) is 0 Å². The van der Waals surface area contributed by atoms with Crippen LogP contribution in [0.2, 0.25) is 0 Å². The molecule has 0 spiro atoms. The average Bonchev–Trinajstić information content (AvgIpc) is 2.36. The normalized spacial score (nSPS) is 10.6. The van der Waals surface area contributed by atoms with Gasteiger partial charge in [0.15, 0.2) is 5.78 Å². The van der Waals surface area contributed by atoms with Crippen molar-refractivity contribution in [2.45, 2.75) is 6.92 Å². The molecule has 1 nitrogen and oxygen atoms in total. The standard InChI is InChI=1S/C14H8BrF3O/c1-7-4-12(17)9(6-11(7)16)14(19)8-2-3-10(15)13(18)5-8/h2-6H,1H3. The highest BCUT2D eigenvalue weighted by Gasteiger charge is 2.17. The number of halogens is 4. The highest BCUT2D eigenvalue weighted by Crippen LogP contribution is 2.21. The third-order valence-corrected chi connectivity index (χ3v) is 3.32. The van der Waals surface area contributed by atoms with Crippen molar-refractivity contribution in [3.8, 4) is 0 Å². The first-order valence-corrected chi connectivity index (χ1v) is 6.15. The molecule has 98 valence electrons. The lowest BCUT2D eigenvalue weighted by atomic mass is 10.0. The fourth-order valence-corrected chi connectivity index (χ4v) is 1.86. The Morgan fingerprint density at radius 1 is 1.00 bits per heavy atom. The Labute approximate surface area is 116 Å². The maximum atomic E-state index is 13.7. The Morgan fingerprint density at radius 3 is 2.32 bits per heavy atom. The summed E-state index contributed by atoms with van der Waals surface area (Å²) in [6.07, 6.45) is 0. The maximum absolute atomic E-state index is 13.7. The molecule has 0 unspecified atom stereocenters. The van der Waals surface area contributed by atoms with E-state index < -0.39 is 28.8 Å². The molecule has 0 aliphatic carbocycles. The fraction of sp³-hybridized carbons (Fsp3) is 0.0714. The Kier molecular flexibility index (Phi) is 3.75. The van der Waals surface area contributed by atoms with Gasteiger partial charge in [0, 0.05) is 5.56 Å². The molecule has 0 atom stereocenters. The van der Waals surface area contributed by atoms with Crippen LogP contribution in [0, 0.1) is 24.4 Å². The van der Waals surface area contributed by atoms with Crippen LogP contribution in [-0.2, 0) is 0 Å². The Bertz CT molecular complexity index is 668. The molecule has 2 rings (SSSR count). The largest absolute Gasteiger partial charge is 0.288 e. The zero-order valence-electron chi connectivity index (χ0n) is 9.81. The van der Waals surface area contributed by atoms with Gasteiger partial charge in [-0.2, -0.15) is 0 Å². The topological polar surface area (TPSA) is 17.1 Å². The van der Waals surface area contributed by atoms with E-state index in [-0.39, 0.29) is 15.6 Å². The smallest absolute Gasteiger partial charge is 0.196 e. The molecule has 0 aliphatic heterocycles. The number of aryl methyl sites for hydroxylation is 1. The second-order valence-electron chi connectivity index (χ2n) is 4.04. The summed E-state index contributed by atoms with van der Waals surface area (Å²) in [6.45, 7) is 1.39. The molecule has 19 heavy (non-hydrogen) atoms. The minimum atomic E-state index is -0.827. The lowest BCUT2D eigenvalue weighted by Gasteiger charge is -2.05. The Morgan fingerprint density at radius 2 is 1.68 bits per heavy atom. The van der Waals surface area contributed by atoms with E-state index in [0.717, 1.165) is 18.2 Å². The van der Waals surface area contributed by atoms with Crippen LogP contribution >= 0.6 is 15.9 Å². The van der Waals surface area contributed by atoms with Crippen molar-refractivity contribution in [3.63, 3.8) is 0 Å². The van der Waals surface area contributed by atoms with Crippen LogP contribution in [0.4, 0.5) is 13.2 Å². The Hall–Kier alpha value is -1.62. The van der Waals surface area contributed by atoms with Gasteiger partial charge in [0.05, 0.1) is 10.0 Å². The number of carbonyl (C=O) groups is 1. The van der Waals surface area contributed by atoms with E-state index in [1.165, 1.54) is 19.1 Å². The van der Waals surface area contributed by atoms with Gasteiger partial charge in [0.2, 0.25) is 0 Å². The second-order valence-corrected chi connectivity index (χ2v) is 4.89. The highest BCUT2D eigenvalue weighted by molar-refractivity contribution is 9.10. The molecule has 2 aromatic carbocycles. The SMILES string of the molecule is Cc1cc(F)c(C(=O)c2ccc(Br)c(F)c2)cc1F. The van der Waals surface area contributed by atoms with E-state index in [9.17, 15) is 18.0 Å². The van der Waals surface area contributed by atoms with Crippen LogP contribution in [0.3, 0.4) is 0 Å². The zero-order chi connectivity index (χ0) is 14.2. The number of ketones is 1. The number of hydrogen-bond acceptors (Lipinski definition) is 1. The van der Waals surface area contributed by atoms with Gasteiger partial charge < -0.3 is 0 Å². The number of hydrogen-bond donors (Lipinski definition) is 0. The van der Waals surface area contributed by atoms with Gasteiger partial charge in [-0.05, 0) is 58.7 Å². The lowest BCUT2D eigenvalue weighted by molar-refractivity contribution is 0.103. The van der Waals surface area contributed by atoms with Gasteiger partial charge in [-0.25, -0.2) is 13.2 Å². The molecule has 2 aromatic rings. The van der Waals surface area contributed by atoms with E-state index in [1.807, 2.05) is 0 Å². The summed E-state index contributed by atoms with van der Waals surface area (Å²) in [4.78, 5) is 12.0. The molecule has 0 aliphatic rings. The number of carbonyl (C=O) groups excluding carboxylic acids is 1. The summed E-state index contributed by atoms with van der Waals surface area (Å²) in [5.74, 6) is -2.91. The monoisotopic (exact) mass is 328 g/mol. The molecule has 0 bridgehead atoms. The molecule has 5 heteroatoms. The summed E-state index contributed by atoms with van der Waals surface area (Å²) >= 11 is 2.95. The van der Waals surface area contributed by atoms with E-state index in [2.05, 4.69) is 15.9 Å². The summed E-state index contributed by atoms with van der Waals surface area (Å²) in [7, 11) is 0. The molecule has 0 saturated carbocycles. The molecule has 0 saturated heterocycles. The predicted octanol–water partition coefficient (Wildman–Crippen LogP) is 4.41. The van der Waals surface area contributed by atoms with E-state index in [0.29, 0.717) is 0 Å². The number of rotatable bonds is 2. The quantitative estimate of drug-likeness (QED) is 0.746. The van der Waals surface area contributed by atoms with Gasteiger partial charge in [0.1, 0.15) is 17.5 Å². The van der Waals surface area contributed by atoms with Crippen LogP contribution in [0.15, 0.2) is 34.8 Å². The van der Waals surface area contributed by atoms with E-state index in [4.69, 9.17) is 0 Å². The molecular formula is C14H8BrF3O. The first kappa shape index (κ1) is 13.8. The van der Waals surface area contributed by atoms with Gasteiger partial charge in [-0.1, -0.05) is 0 Å². The second kappa shape index (κ2) is 5.17. The highest BCUT2D eigenvalue weighted by atomic mass is 79.9. The predicted molar refractivity (Wildman–Crippen MR) is 68.6 cm³/mol. The van der Waals surface area contributed by atoms with Crippen molar-refractivity contribution in [1.82, 2.24) is 0 Å². The van der Waals surface area contributed by atoms with Crippen LogP contribution in [0.1, 0.15) is 21.5 Å². The zero-order valence-corrected chi connectivity index (χ0v) is 11.4. The lowest BCUT2D eigenvalue weighted by Crippen LogP contribution is -2.06. The first-order chi connectivity index (χ1) is 8.90. The van der Waals surface area contributed by atoms with E-state index >= 15 is 0 Å². The Balaban J connectivity index is 2.49. The van der Waals surface area contributed by atoms with Crippen LogP contribution < -0.4 is 0 Å². The third-order valence-electron chi connectivity index (χ3n) is 2.67. The van der Waals surface area contributed by atoms with Crippen LogP contribution in [0.5, 0.6) is 0 Å². The molecular weight excluding hydrogens is 321 g/mol. The van der Waals surface area contributed by atoms with Crippen molar-refractivity contribution in [3.05, 3.63) is 68.9 Å². The average molecular weight is 329 g/mol. The van der Waals surface area contributed by atoms with Crippen molar-refractivity contribution < 1.29 is 18.0 Å². The van der Waals surface area contributed by atoms with Gasteiger partial charge in [0.25, 0.3) is 0 Å². The number of benzene rings is 2. The summed E-state index contributed by atoms with van der Waals surface area (Å²) < 4.78 is 40.6. The van der Waals surface area contributed by atoms with Gasteiger partial charge >= 0.3 is 0 Å². The molecule has 0 aromatic heterocycles. The van der Waals surface area contributed by atoms with Gasteiger partial charge in [-0.3, -0.25) is 4.79 Å². The van der Waals surface area contributed by atoms with Crippen molar-refractivity contribution in [2.24, 2.45) is 0 Å². The van der Waals surface area contributed by atoms with Crippen molar-refractivity contribution in [2.75, 3.05) is 0 Å². The molecule has 0 N–H and O–H groups in total. The fourth-order valence-electron chi connectivity index (χ4n) is 1.61. The molecule has 0 fully saturated rings.